The van der Waals surface area contributed by atoms with Gasteiger partial charge in [0.1, 0.15) is 0 Å². The Morgan fingerprint density at radius 3 is 2.31 bits per heavy atom. The Bertz CT molecular complexity index is 976. The quantitative estimate of drug-likeness (QED) is 0.325. The summed E-state index contributed by atoms with van der Waals surface area (Å²) in [6.45, 7) is 25.1. The molecule has 3 rings (SSSR count). The third-order valence-corrected chi connectivity index (χ3v) is 6.88. The van der Waals surface area contributed by atoms with Gasteiger partial charge in [-0.1, -0.05) is 103 Å². The first kappa shape index (κ1) is 31.3. The van der Waals surface area contributed by atoms with E-state index in [2.05, 4.69) is 113 Å². The molecule has 0 aromatic heterocycles. The van der Waals surface area contributed by atoms with Crippen LogP contribution in [0.2, 0.25) is 0 Å². The van der Waals surface area contributed by atoms with E-state index in [1.54, 1.807) is 0 Å². The van der Waals surface area contributed by atoms with Gasteiger partial charge in [-0.3, -0.25) is 0 Å². The first-order valence-electron chi connectivity index (χ1n) is 14.1. The summed E-state index contributed by atoms with van der Waals surface area (Å²) in [6.07, 6.45) is 11.3. The van der Waals surface area contributed by atoms with E-state index in [0.717, 1.165) is 42.8 Å². The molecular weight excluding hydrogens is 436 g/mol. The van der Waals surface area contributed by atoms with Crippen molar-refractivity contribution in [1.29, 1.82) is 0 Å². The van der Waals surface area contributed by atoms with Crippen molar-refractivity contribution in [1.82, 2.24) is 5.32 Å². The van der Waals surface area contributed by atoms with E-state index in [1.165, 1.54) is 47.0 Å². The van der Waals surface area contributed by atoms with Crippen molar-refractivity contribution in [2.24, 2.45) is 17.8 Å². The lowest BCUT2D eigenvalue weighted by molar-refractivity contribution is 0.406. The van der Waals surface area contributed by atoms with E-state index >= 15 is 0 Å². The van der Waals surface area contributed by atoms with E-state index in [9.17, 15) is 0 Å². The van der Waals surface area contributed by atoms with Crippen molar-refractivity contribution in [2.45, 2.75) is 74.1 Å². The van der Waals surface area contributed by atoms with Crippen LogP contribution in [0.5, 0.6) is 0 Å². The van der Waals surface area contributed by atoms with Crippen molar-refractivity contribution in [2.75, 3.05) is 18.4 Å². The maximum atomic E-state index is 4.11. The highest BCUT2D eigenvalue weighted by atomic mass is 14.9. The fourth-order valence-corrected chi connectivity index (χ4v) is 4.98. The minimum atomic E-state index is 0.788. The van der Waals surface area contributed by atoms with E-state index in [4.69, 9.17) is 0 Å². The smallest absolute Gasteiger partial charge is 0.0419 e. The molecule has 2 aromatic carbocycles. The van der Waals surface area contributed by atoms with Crippen molar-refractivity contribution >= 4 is 16.5 Å². The van der Waals surface area contributed by atoms with Crippen LogP contribution in [-0.4, -0.2) is 13.1 Å². The summed E-state index contributed by atoms with van der Waals surface area (Å²) in [5.41, 5.74) is 4.74. The second-order valence-corrected chi connectivity index (χ2v) is 9.54. The minimum Gasteiger partial charge on any atom is -0.385 e. The fourth-order valence-electron chi connectivity index (χ4n) is 4.98. The van der Waals surface area contributed by atoms with Crippen molar-refractivity contribution < 1.29 is 0 Å². The van der Waals surface area contributed by atoms with Crippen LogP contribution in [0.3, 0.4) is 0 Å². The van der Waals surface area contributed by atoms with Gasteiger partial charge in [-0.25, -0.2) is 0 Å². The summed E-state index contributed by atoms with van der Waals surface area (Å²) in [6, 6.07) is 14.8. The predicted molar refractivity (Wildman–Crippen MR) is 165 cm³/mol. The highest BCUT2D eigenvalue weighted by Gasteiger charge is 2.30. The van der Waals surface area contributed by atoms with Crippen LogP contribution < -0.4 is 10.6 Å². The third kappa shape index (κ3) is 9.72. The number of rotatable bonds is 10. The van der Waals surface area contributed by atoms with Gasteiger partial charge in [0.15, 0.2) is 0 Å². The zero-order valence-electron chi connectivity index (χ0n) is 24.2. The molecule has 36 heavy (non-hydrogen) atoms. The highest BCUT2D eigenvalue weighted by Crippen LogP contribution is 2.37. The zero-order chi connectivity index (χ0) is 26.9. The topological polar surface area (TPSA) is 24.1 Å². The molecule has 3 unspecified atom stereocenters. The number of nitrogens with one attached hydrogen (secondary N) is 2. The van der Waals surface area contributed by atoms with Crippen LogP contribution in [0.1, 0.15) is 74.1 Å². The molecule has 0 saturated heterocycles. The zero-order valence-corrected chi connectivity index (χ0v) is 24.2. The van der Waals surface area contributed by atoms with Crippen LogP contribution in [0.25, 0.3) is 10.8 Å². The molecule has 2 heteroatoms. The number of benzene rings is 2. The largest absolute Gasteiger partial charge is 0.385 e. The molecule has 1 aliphatic rings. The van der Waals surface area contributed by atoms with Crippen molar-refractivity contribution in [3.05, 3.63) is 90.7 Å². The Morgan fingerprint density at radius 1 is 1.03 bits per heavy atom. The average Bonchev–Trinajstić information content (AvgIpc) is 3.26. The van der Waals surface area contributed by atoms with Crippen LogP contribution in [-0.2, 0) is 0 Å². The molecule has 0 radical (unpaired) electrons. The Balaban J connectivity index is 0.000000367. The summed E-state index contributed by atoms with van der Waals surface area (Å²) >= 11 is 0. The Morgan fingerprint density at radius 2 is 1.72 bits per heavy atom. The number of fused-ring (bicyclic) bond motifs is 1. The molecule has 0 aliphatic heterocycles. The highest BCUT2D eigenvalue weighted by molar-refractivity contribution is 5.93. The van der Waals surface area contributed by atoms with Crippen LogP contribution in [0.4, 0.5) is 5.69 Å². The number of hydrogen-bond donors (Lipinski definition) is 2. The molecule has 2 N–H and O–H groups in total. The van der Waals surface area contributed by atoms with Gasteiger partial charge in [-0.15, -0.1) is 0 Å². The predicted octanol–water partition coefficient (Wildman–Crippen LogP) is 9.93. The summed E-state index contributed by atoms with van der Waals surface area (Å²) in [5, 5.41) is 9.61. The van der Waals surface area contributed by atoms with Gasteiger partial charge in [0.25, 0.3) is 0 Å². The van der Waals surface area contributed by atoms with Gasteiger partial charge in [0.2, 0.25) is 0 Å². The number of hydrogen-bond acceptors (Lipinski definition) is 2. The van der Waals surface area contributed by atoms with Crippen LogP contribution in [0.15, 0.2) is 90.7 Å². The lowest BCUT2D eigenvalue weighted by Gasteiger charge is -2.20. The molecule has 0 amide bonds. The van der Waals surface area contributed by atoms with E-state index in [-0.39, 0.29) is 0 Å². The molecule has 0 spiro atoms. The van der Waals surface area contributed by atoms with E-state index in [1.807, 2.05) is 19.9 Å². The second kappa shape index (κ2) is 17.7. The number of anilines is 1. The SMILES string of the molecule is C=C/C=C(NCC1CC(CC)CC1C)\C(=C\CC)C(=C)C.CC.CCNc1cccc2ccccc12. The summed E-state index contributed by atoms with van der Waals surface area (Å²) in [4.78, 5) is 0. The molecule has 2 aromatic rings. The molecule has 0 heterocycles. The molecule has 2 nitrogen and oxygen atoms in total. The van der Waals surface area contributed by atoms with E-state index < -0.39 is 0 Å². The van der Waals surface area contributed by atoms with E-state index in [0.29, 0.717) is 0 Å². The van der Waals surface area contributed by atoms with Crippen LogP contribution in [0, 0.1) is 17.8 Å². The fraction of sp³-hybridized carbons (Fsp3) is 0.471. The van der Waals surface area contributed by atoms with Gasteiger partial charge in [0.05, 0.1) is 0 Å². The molecule has 1 saturated carbocycles. The first-order valence-corrected chi connectivity index (χ1v) is 14.1. The second-order valence-electron chi connectivity index (χ2n) is 9.54. The molecular formula is C34H52N2. The Hall–Kier alpha value is -2.74. The van der Waals surface area contributed by atoms with Gasteiger partial charge in [-0.05, 0) is 79.5 Å². The molecule has 1 fully saturated rings. The average molecular weight is 489 g/mol. The van der Waals surface area contributed by atoms with Gasteiger partial charge in [-0.2, -0.15) is 0 Å². The summed E-state index contributed by atoms with van der Waals surface area (Å²) in [5.74, 6) is 2.54. The molecule has 198 valence electrons. The number of allylic oxidation sites excluding steroid dienone is 4. The summed E-state index contributed by atoms with van der Waals surface area (Å²) in [7, 11) is 0. The monoisotopic (exact) mass is 488 g/mol. The van der Waals surface area contributed by atoms with Crippen LogP contribution >= 0.6 is 0 Å². The maximum absolute atomic E-state index is 4.11. The Labute approximate surface area is 222 Å². The summed E-state index contributed by atoms with van der Waals surface area (Å²) < 4.78 is 0. The van der Waals surface area contributed by atoms with Gasteiger partial charge >= 0.3 is 0 Å². The van der Waals surface area contributed by atoms with Gasteiger partial charge < -0.3 is 10.6 Å². The molecule has 3 atom stereocenters. The third-order valence-electron chi connectivity index (χ3n) is 6.88. The van der Waals surface area contributed by atoms with Gasteiger partial charge in [0, 0.05) is 29.9 Å². The lowest BCUT2D eigenvalue weighted by atomic mass is 9.97. The lowest BCUT2D eigenvalue weighted by Crippen LogP contribution is -2.25. The van der Waals surface area contributed by atoms with Crippen molar-refractivity contribution in [3.8, 4) is 0 Å². The standard InChI is InChI=1S/C20H33N.C12H13N.C2H6/c1-7-10-19(15(4)5)20(11-8-2)21-14-18-13-17(9-3)12-16(18)6;1-2-13-12-9-5-7-10-6-3-4-8-11(10)12;1-2/h8,10-11,16-18,21H,2,4,7,9,12-14H2,1,3,5-6H3;3-9,13H,2H2,1H3;1-2H3/b19-10+,20-11+;;. The van der Waals surface area contributed by atoms with Crippen molar-refractivity contribution in [3.63, 3.8) is 0 Å². The first-order chi connectivity index (χ1) is 17.4. The normalized spacial score (nSPS) is 19.5. The maximum Gasteiger partial charge on any atom is 0.0419 e. The molecule has 0 bridgehead atoms. The minimum absolute atomic E-state index is 0.788. The Kier molecular flexibility index (Phi) is 15.3. The molecule has 1 aliphatic carbocycles.